The lowest BCUT2D eigenvalue weighted by molar-refractivity contribution is -0.137. The van der Waals surface area contributed by atoms with E-state index in [1.54, 1.807) is 36.4 Å². The molecule has 0 fully saturated rings. The summed E-state index contributed by atoms with van der Waals surface area (Å²) in [6.07, 6.45) is -4.38. The molecule has 0 atom stereocenters. The molecule has 8 heteroatoms. The lowest BCUT2D eigenvalue weighted by Gasteiger charge is -2.10. The Morgan fingerprint density at radius 2 is 1.61 bits per heavy atom. The maximum absolute atomic E-state index is 12.8. The Kier molecular flexibility index (Phi) is 6.23. The van der Waals surface area contributed by atoms with Gasteiger partial charge in [-0.15, -0.1) is 0 Å². The van der Waals surface area contributed by atoms with E-state index >= 15 is 0 Å². The van der Waals surface area contributed by atoms with Gasteiger partial charge in [0.05, 0.1) is 16.1 Å². The monoisotopic (exact) mass is 441 g/mol. The third kappa shape index (κ3) is 5.22. The van der Waals surface area contributed by atoms with Gasteiger partial charge in [0, 0.05) is 20.5 Å². The fourth-order valence-corrected chi connectivity index (χ4v) is 3.72. The largest absolute Gasteiger partial charge is 0.416 e. The number of halogens is 5. The molecule has 2 nitrogen and oxygen atoms in total. The van der Waals surface area contributed by atoms with E-state index in [1.165, 1.54) is 30.0 Å². The van der Waals surface area contributed by atoms with Gasteiger partial charge >= 0.3 is 6.18 Å². The van der Waals surface area contributed by atoms with Crippen molar-refractivity contribution in [3.63, 3.8) is 0 Å². The summed E-state index contributed by atoms with van der Waals surface area (Å²) in [5, 5.41) is 3.38. The number of hydrogen-bond donors (Lipinski definition) is 1. The summed E-state index contributed by atoms with van der Waals surface area (Å²) in [6, 6.07) is 16.4. The van der Waals surface area contributed by atoms with Crippen molar-refractivity contribution in [3.05, 3.63) is 87.9 Å². The van der Waals surface area contributed by atoms with Crippen molar-refractivity contribution in [2.24, 2.45) is 0 Å². The first-order valence-corrected chi connectivity index (χ1v) is 9.51. The van der Waals surface area contributed by atoms with Crippen LogP contribution in [0.2, 0.25) is 10.0 Å². The minimum absolute atomic E-state index is 0.238. The van der Waals surface area contributed by atoms with Crippen LogP contribution in [0.25, 0.3) is 0 Å². The van der Waals surface area contributed by atoms with Crippen molar-refractivity contribution in [1.82, 2.24) is 0 Å². The molecular formula is C20H12Cl2F3NOS. The molecule has 0 radical (unpaired) electrons. The Balaban J connectivity index is 1.69. The Hall–Kier alpha value is -2.15. The zero-order valence-corrected chi connectivity index (χ0v) is 16.4. The number of hydrogen-bond acceptors (Lipinski definition) is 2. The second kappa shape index (κ2) is 8.47. The molecule has 144 valence electrons. The van der Waals surface area contributed by atoms with Gasteiger partial charge in [0.15, 0.2) is 0 Å². The van der Waals surface area contributed by atoms with Crippen molar-refractivity contribution < 1.29 is 18.0 Å². The predicted molar refractivity (Wildman–Crippen MR) is 106 cm³/mol. The molecular weight excluding hydrogens is 430 g/mol. The number of carbonyl (C=O) groups is 1. The zero-order chi connectivity index (χ0) is 20.3. The summed E-state index contributed by atoms with van der Waals surface area (Å²) < 4.78 is 38.4. The number of benzene rings is 3. The second-order valence-corrected chi connectivity index (χ2v) is 7.72. The normalized spacial score (nSPS) is 11.3. The minimum atomic E-state index is -4.38. The molecule has 0 aliphatic rings. The molecule has 1 N–H and O–H groups in total. The highest BCUT2D eigenvalue weighted by molar-refractivity contribution is 7.99. The summed E-state index contributed by atoms with van der Waals surface area (Å²) in [6.45, 7) is 0. The Labute approximate surface area is 173 Å². The maximum atomic E-state index is 12.8. The summed E-state index contributed by atoms with van der Waals surface area (Å²) in [4.78, 5) is 13.5. The number of amides is 1. The first-order valence-electron chi connectivity index (χ1n) is 7.94. The average Bonchev–Trinajstić information content (AvgIpc) is 2.63. The van der Waals surface area contributed by atoms with Gasteiger partial charge in [-0.05, 0) is 60.7 Å². The van der Waals surface area contributed by atoms with Crippen molar-refractivity contribution in [2.75, 3.05) is 5.32 Å². The van der Waals surface area contributed by atoms with Crippen LogP contribution in [-0.4, -0.2) is 5.91 Å². The number of carbonyl (C=O) groups excluding carboxylic acids is 1. The van der Waals surface area contributed by atoms with Crippen LogP contribution in [0.4, 0.5) is 18.9 Å². The minimum Gasteiger partial charge on any atom is -0.322 e. The van der Waals surface area contributed by atoms with Gasteiger partial charge in [-0.3, -0.25) is 4.79 Å². The van der Waals surface area contributed by atoms with Crippen LogP contribution in [0, 0.1) is 0 Å². The fourth-order valence-electron chi connectivity index (χ4n) is 2.35. The highest BCUT2D eigenvalue weighted by atomic mass is 35.5. The van der Waals surface area contributed by atoms with Gasteiger partial charge in [-0.25, -0.2) is 0 Å². The molecule has 3 aromatic rings. The molecule has 28 heavy (non-hydrogen) atoms. The molecule has 3 rings (SSSR count). The zero-order valence-electron chi connectivity index (χ0n) is 14.1. The van der Waals surface area contributed by atoms with Crippen LogP contribution in [0.15, 0.2) is 76.5 Å². The Morgan fingerprint density at radius 1 is 0.893 bits per heavy atom. The summed E-state index contributed by atoms with van der Waals surface area (Å²) in [7, 11) is 0. The molecule has 0 aliphatic carbocycles. The van der Waals surface area contributed by atoms with Gasteiger partial charge in [-0.2, -0.15) is 13.2 Å². The van der Waals surface area contributed by atoms with Crippen LogP contribution >= 0.6 is 35.0 Å². The van der Waals surface area contributed by atoms with Crippen LogP contribution in [0.1, 0.15) is 15.9 Å². The Bertz CT molecular complexity index is 1010. The second-order valence-electron chi connectivity index (χ2n) is 5.73. The molecule has 0 saturated carbocycles. The highest BCUT2D eigenvalue weighted by Crippen LogP contribution is 2.34. The van der Waals surface area contributed by atoms with Gasteiger partial charge in [-0.1, -0.05) is 41.0 Å². The summed E-state index contributed by atoms with van der Waals surface area (Å²) in [5.74, 6) is -0.389. The molecule has 0 spiro atoms. The SMILES string of the molecule is O=C(Nc1ccc(Sc2cccc(C(F)(F)F)c2)cc1)c1ccc(Cl)cc1Cl. The first kappa shape index (κ1) is 20.6. The number of anilines is 1. The van der Waals surface area contributed by atoms with Crippen LogP contribution in [0.3, 0.4) is 0 Å². The summed E-state index contributed by atoms with van der Waals surface area (Å²) in [5.41, 5.74) is 0.124. The third-order valence-electron chi connectivity index (χ3n) is 3.69. The van der Waals surface area contributed by atoms with Crippen LogP contribution in [0.5, 0.6) is 0 Å². The topological polar surface area (TPSA) is 29.1 Å². The smallest absolute Gasteiger partial charge is 0.322 e. The first-order chi connectivity index (χ1) is 13.2. The van der Waals surface area contributed by atoms with Crippen molar-refractivity contribution >= 4 is 46.6 Å². The molecule has 0 aliphatic heterocycles. The highest BCUT2D eigenvalue weighted by Gasteiger charge is 2.30. The van der Waals surface area contributed by atoms with Gasteiger partial charge in [0.25, 0.3) is 5.91 Å². The number of nitrogens with one attached hydrogen (secondary N) is 1. The van der Waals surface area contributed by atoms with E-state index < -0.39 is 11.7 Å². The lowest BCUT2D eigenvalue weighted by atomic mass is 10.2. The quantitative estimate of drug-likeness (QED) is 0.456. The maximum Gasteiger partial charge on any atom is 0.416 e. The molecule has 0 heterocycles. The number of alkyl halides is 3. The van der Waals surface area contributed by atoms with Gasteiger partial charge in [0.2, 0.25) is 0 Å². The predicted octanol–water partition coefficient (Wildman–Crippen LogP) is 7.42. The van der Waals surface area contributed by atoms with Crippen molar-refractivity contribution in [3.8, 4) is 0 Å². The molecule has 0 unspecified atom stereocenters. The molecule has 3 aromatic carbocycles. The standard InChI is InChI=1S/C20H12Cl2F3NOS/c21-13-4-9-17(18(22)11-13)19(27)26-14-5-7-15(8-6-14)28-16-3-1-2-12(10-16)20(23,24)25/h1-11H,(H,26,27). The van der Waals surface area contributed by atoms with Gasteiger partial charge < -0.3 is 5.32 Å². The van der Waals surface area contributed by atoms with E-state index in [2.05, 4.69) is 5.32 Å². The van der Waals surface area contributed by atoms with E-state index in [1.807, 2.05) is 0 Å². The molecule has 0 saturated heterocycles. The molecule has 0 bridgehead atoms. The van der Waals surface area contributed by atoms with Gasteiger partial charge in [0.1, 0.15) is 0 Å². The Morgan fingerprint density at radius 3 is 2.25 bits per heavy atom. The van der Waals surface area contributed by atoms with Crippen molar-refractivity contribution in [1.29, 1.82) is 0 Å². The summed E-state index contributed by atoms with van der Waals surface area (Å²) >= 11 is 13.0. The van der Waals surface area contributed by atoms with Crippen molar-refractivity contribution in [2.45, 2.75) is 16.0 Å². The van der Waals surface area contributed by atoms with E-state index in [9.17, 15) is 18.0 Å². The van der Waals surface area contributed by atoms with Crippen LogP contribution in [-0.2, 0) is 6.18 Å². The molecule has 1 amide bonds. The lowest BCUT2D eigenvalue weighted by Crippen LogP contribution is -2.12. The third-order valence-corrected chi connectivity index (χ3v) is 5.23. The van der Waals surface area contributed by atoms with E-state index in [-0.39, 0.29) is 16.5 Å². The van der Waals surface area contributed by atoms with Crippen LogP contribution < -0.4 is 5.32 Å². The fraction of sp³-hybridized carbons (Fsp3) is 0.0500. The van der Waals surface area contributed by atoms with E-state index in [4.69, 9.17) is 23.2 Å². The number of rotatable bonds is 4. The molecule has 0 aromatic heterocycles. The van der Waals surface area contributed by atoms with E-state index in [0.29, 0.717) is 15.6 Å². The average molecular weight is 442 g/mol. The van der Waals surface area contributed by atoms with E-state index in [0.717, 1.165) is 17.0 Å².